The molecule has 0 bridgehead atoms. The lowest BCUT2D eigenvalue weighted by atomic mass is 10.6. The summed E-state index contributed by atoms with van der Waals surface area (Å²) in [6.07, 6.45) is 1.69. The van der Waals surface area contributed by atoms with E-state index in [0.717, 1.165) is 10.5 Å². The minimum atomic E-state index is 0.777. The van der Waals surface area contributed by atoms with Crippen LogP contribution in [0.3, 0.4) is 0 Å². The number of anilines is 1. The molecule has 1 N–H and O–H groups in total. The zero-order chi connectivity index (χ0) is 7.56. The van der Waals surface area contributed by atoms with Gasteiger partial charge in [-0.15, -0.1) is 0 Å². The first-order valence-electron chi connectivity index (χ1n) is 2.94. The molecular weight excluding hydrogens is 146 g/mol. The minimum Gasteiger partial charge on any atom is -0.373 e. The van der Waals surface area contributed by atoms with E-state index >= 15 is 0 Å². The molecule has 1 aromatic rings. The van der Waals surface area contributed by atoms with Gasteiger partial charge in [-0.1, -0.05) is 12.2 Å². The zero-order valence-corrected chi connectivity index (χ0v) is 6.77. The molecule has 0 saturated heterocycles. The predicted molar refractivity (Wildman–Crippen MR) is 43.6 cm³/mol. The Hall–Kier alpha value is -0.900. The summed E-state index contributed by atoms with van der Waals surface area (Å²) in [6, 6.07) is 1.81. The number of rotatable bonds is 1. The van der Waals surface area contributed by atoms with Crippen molar-refractivity contribution in [1.29, 1.82) is 0 Å². The second kappa shape index (κ2) is 2.79. The first-order chi connectivity index (χ1) is 4.74. The Morgan fingerprint density at radius 3 is 2.90 bits per heavy atom. The predicted octanol–water partition coefficient (Wildman–Crippen LogP) is 1.19. The van der Waals surface area contributed by atoms with E-state index in [-0.39, 0.29) is 0 Å². The first-order valence-corrected chi connectivity index (χ1v) is 3.35. The Balaban J connectivity index is 3.17. The third-order valence-electron chi connectivity index (χ3n) is 1.23. The molecule has 10 heavy (non-hydrogen) atoms. The molecule has 0 spiro atoms. The molecule has 0 unspecified atom stereocenters. The molecule has 1 rings (SSSR count). The number of aryl methyl sites for hydroxylation is 1. The van der Waals surface area contributed by atoms with E-state index in [9.17, 15) is 0 Å². The molecule has 1 aromatic heterocycles. The van der Waals surface area contributed by atoms with E-state index in [0.29, 0.717) is 0 Å². The summed E-state index contributed by atoms with van der Waals surface area (Å²) in [4.78, 5) is 4.04. The van der Waals surface area contributed by atoms with E-state index in [1.165, 1.54) is 0 Å². The average Bonchev–Trinajstić information content (AvgIpc) is 1.95. The van der Waals surface area contributed by atoms with Crippen LogP contribution in [-0.4, -0.2) is 16.6 Å². The maximum atomic E-state index is 4.99. The highest BCUT2D eigenvalue weighted by molar-refractivity contribution is 7.71. The topological polar surface area (TPSA) is 29.9 Å². The van der Waals surface area contributed by atoms with Gasteiger partial charge in [-0.25, -0.2) is 4.98 Å². The second-order valence-electron chi connectivity index (χ2n) is 1.97. The van der Waals surface area contributed by atoms with Crippen molar-refractivity contribution in [2.45, 2.75) is 0 Å². The van der Waals surface area contributed by atoms with Gasteiger partial charge in [0.05, 0.1) is 6.33 Å². The van der Waals surface area contributed by atoms with Crippen LogP contribution in [0.1, 0.15) is 0 Å². The number of nitrogens with zero attached hydrogens (tertiary/aromatic N) is 2. The van der Waals surface area contributed by atoms with Crippen LogP contribution in [0.2, 0.25) is 0 Å². The number of hydrogen-bond acceptors (Lipinski definition) is 3. The van der Waals surface area contributed by atoms with Gasteiger partial charge in [-0.05, 0) is 0 Å². The van der Waals surface area contributed by atoms with E-state index in [4.69, 9.17) is 12.2 Å². The van der Waals surface area contributed by atoms with Gasteiger partial charge in [-0.3, -0.25) is 0 Å². The van der Waals surface area contributed by atoms with Crippen LogP contribution in [0.5, 0.6) is 0 Å². The maximum absolute atomic E-state index is 4.99. The Morgan fingerprint density at radius 1 is 1.70 bits per heavy atom. The normalized spacial score (nSPS) is 9.40. The van der Waals surface area contributed by atoms with Crippen LogP contribution in [0, 0.1) is 4.64 Å². The third-order valence-corrected chi connectivity index (χ3v) is 1.64. The molecular formula is C6H9N3S. The van der Waals surface area contributed by atoms with E-state index in [1.54, 1.807) is 10.9 Å². The van der Waals surface area contributed by atoms with Gasteiger partial charge in [0.25, 0.3) is 0 Å². The average molecular weight is 155 g/mol. The van der Waals surface area contributed by atoms with Crippen LogP contribution in [-0.2, 0) is 7.05 Å². The SMILES string of the molecule is CNc1cc(=S)n(C)cn1. The molecule has 0 saturated carbocycles. The molecule has 3 nitrogen and oxygen atoms in total. The van der Waals surface area contributed by atoms with Gasteiger partial charge in [0, 0.05) is 20.2 Å². The van der Waals surface area contributed by atoms with Crippen molar-refractivity contribution in [2.24, 2.45) is 7.05 Å². The van der Waals surface area contributed by atoms with Crippen molar-refractivity contribution in [3.63, 3.8) is 0 Å². The Labute approximate surface area is 64.7 Å². The summed E-state index contributed by atoms with van der Waals surface area (Å²) in [5.74, 6) is 0.808. The van der Waals surface area contributed by atoms with Crippen LogP contribution < -0.4 is 5.32 Å². The quantitative estimate of drug-likeness (QED) is 0.618. The maximum Gasteiger partial charge on any atom is 0.130 e. The van der Waals surface area contributed by atoms with Gasteiger partial charge >= 0.3 is 0 Å². The lowest BCUT2D eigenvalue weighted by molar-refractivity contribution is 0.850. The van der Waals surface area contributed by atoms with Crippen molar-refractivity contribution in [3.05, 3.63) is 17.0 Å². The standard InChI is InChI=1S/C6H9N3S/c1-7-5-3-6(10)9(2)4-8-5/h3-4,7H,1-2H3. The smallest absolute Gasteiger partial charge is 0.130 e. The van der Waals surface area contributed by atoms with Gasteiger partial charge in [-0.2, -0.15) is 0 Å². The lowest BCUT2D eigenvalue weighted by Gasteiger charge is -1.99. The summed E-state index contributed by atoms with van der Waals surface area (Å²) < 4.78 is 2.57. The van der Waals surface area contributed by atoms with E-state index < -0.39 is 0 Å². The van der Waals surface area contributed by atoms with Crippen molar-refractivity contribution < 1.29 is 0 Å². The Morgan fingerprint density at radius 2 is 2.40 bits per heavy atom. The summed E-state index contributed by atoms with van der Waals surface area (Å²) in [5.41, 5.74) is 0. The molecule has 0 aromatic carbocycles. The zero-order valence-electron chi connectivity index (χ0n) is 5.96. The van der Waals surface area contributed by atoms with E-state index in [2.05, 4.69) is 10.3 Å². The fourth-order valence-electron chi connectivity index (χ4n) is 0.598. The fourth-order valence-corrected chi connectivity index (χ4v) is 0.757. The molecule has 4 heteroatoms. The Bertz CT molecular complexity index is 279. The molecule has 54 valence electrons. The molecule has 0 radical (unpaired) electrons. The highest BCUT2D eigenvalue weighted by Crippen LogP contribution is 1.99. The minimum absolute atomic E-state index is 0.777. The van der Waals surface area contributed by atoms with Crippen LogP contribution in [0.15, 0.2) is 12.4 Å². The highest BCUT2D eigenvalue weighted by Gasteiger charge is 1.88. The van der Waals surface area contributed by atoms with Crippen molar-refractivity contribution in [1.82, 2.24) is 9.55 Å². The van der Waals surface area contributed by atoms with Gasteiger partial charge < -0.3 is 9.88 Å². The van der Waals surface area contributed by atoms with Crippen molar-refractivity contribution in [3.8, 4) is 0 Å². The van der Waals surface area contributed by atoms with Crippen LogP contribution in [0.4, 0.5) is 5.82 Å². The molecule has 0 fully saturated rings. The lowest BCUT2D eigenvalue weighted by Crippen LogP contribution is -1.97. The van der Waals surface area contributed by atoms with Crippen molar-refractivity contribution in [2.75, 3.05) is 12.4 Å². The monoisotopic (exact) mass is 155 g/mol. The van der Waals surface area contributed by atoms with Crippen LogP contribution >= 0.6 is 12.2 Å². The largest absolute Gasteiger partial charge is 0.373 e. The second-order valence-corrected chi connectivity index (χ2v) is 2.39. The molecule has 0 aliphatic rings. The third kappa shape index (κ3) is 1.33. The summed E-state index contributed by atoms with van der Waals surface area (Å²) in [6.45, 7) is 0. The summed E-state index contributed by atoms with van der Waals surface area (Å²) in [7, 11) is 3.69. The summed E-state index contributed by atoms with van der Waals surface area (Å²) in [5, 5.41) is 2.90. The van der Waals surface area contributed by atoms with Crippen LogP contribution in [0.25, 0.3) is 0 Å². The fraction of sp³-hybridized carbons (Fsp3) is 0.333. The molecule has 0 atom stereocenters. The van der Waals surface area contributed by atoms with E-state index in [1.807, 2.05) is 20.2 Å². The number of nitrogens with one attached hydrogen (secondary N) is 1. The first kappa shape index (κ1) is 7.21. The van der Waals surface area contributed by atoms with Crippen molar-refractivity contribution >= 4 is 18.0 Å². The van der Waals surface area contributed by atoms with Gasteiger partial charge in [0.15, 0.2) is 0 Å². The molecule has 1 heterocycles. The molecule has 0 aliphatic heterocycles. The number of hydrogen-bond donors (Lipinski definition) is 1. The summed E-state index contributed by atoms with van der Waals surface area (Å²) >= 11 is 4.99. The molecule has 0 amide bonds. The van der Waals surface area contributed by atoms with Gasteiger partial charge in [0.2, 0.25) is 0 Å². The Kier molecular flexibility index (Phi) is 2.01. The number of aromatic nitrogens is 2. The highest BCUT2D eigenvalue weighted by atomic mass is 32.1. The molecule has 0 aliphatic carbocycles. The van der Waals surface area contributed by atoms with Gasteiger partial charge in [0.1, 0.15) is 10.5 Å².